The molecule has 5 rings (SSSR count). The van der Waals surface area contributed by atoms with E-state index in [1.165, 1.54) is 0 Å². The molecule has 0 amide bonds. The van der Waals surface area contributed by atoms with Gasteiger partial charge in [-0.1, -0.05) is 26.0 Å². The molecule has 0 spiro atoms. The van der Waals surface area contributed by atoms with Gasteiger partial charge in [-0.3, -0.25) is 0 Å². The van der Waals surface area contributed by atoms with E-state index in [0.717, 1.165) is 64.5 Å². The lowest BCUT2D eigenvalue weighted by Gasteiger charge is -2.34. The standard InChI is InChI=1S/C28H35N6O2PS/c1-5-37(35,6-2)25-10-8-7-9-22(25)29-27-26-23(13-18-38-26)31-28(32-27)30-21-12-11-20(19-24(21)36-4)34-16-14-33(3)15-17-34/h7-13,18-19H,5-6,14-17H2,1-4H3,(H2,29,30,31,32). The predicted molar refractivity (Wildman–Crippen MR) is 161 cm³/mol. The largest absolute Gasteiger partial charge is 0.494 e. The van der Waals surface area contributed by atoms with E-state index in [1.54, 1.807) is 18.4 Å². The zero-order chi connectivity index (χ0) is 26.7. The number of anilines is 5. The van der Waals surface area contributed by atoms with Gasteiger partial charge >= 0.3 is 0 Å². The van der Waals surface area contributed by atoms with Crippen molar-refractivity contribution < 1.29 is 9.30 Å². The maximum atomic E-state index is 13.6. The fourth-order valence-corrected chi connectivity index (χ4v) is 7.63. The molecule has 2 aromatic heterocycles. The molecule has 1 aliphatic heterocycles. The number of aromatic nitrogens is 2. The SMILES string of the molecule is CCP(=O)(CC)c1ccccc1Nc1nc(Nc2ccc(N3CCN(C)CC3)cc2OC)nc2ccsc12. The highest BCUT2D eigenvalue weighted by atomic mass is 32.1. The van der Waals surface area contributed by atoms with Crippen LogP contribution in [0.2, 0.25) is 0 Å². The van der Waals surface area contributed by atoms with Gasteiger partial charge in [0.1, 0.15) is 12.9 Å². The Labute approximate surface area is 228 Å². The van der Waals surface area contributed by atoms with Crippen LogP contribution in [0.4, 0.5) is 28.8 Å². The average Bonchev–Trinajstić information content (AvgIpc) is 3.43. The van der Waals surface area contributed by atoms with Gasteiger partial charge in [-0.25, -0.2) is 4.98 Å². The van der Waals surface area contributed by atoms with Crippen molar-refractivity contribution in [2.75, 3.05) is 68.2 Å². The number of piperazine rings is 1. The van der Waals surface area contributed by atoms with E-state index in [2.05, 4.69) is 39.6 Å². The first-order valence-electron chi connectivity index (χ1n) is 13.0. The van der Waals surface area contributed by atoms with E-state index in [0.29, 0.717) is 24.1 Å². The molecule has 1 saturated heterocycles. The Hall–Kier alpha value is -3.13. The molecular weight excluding hydrogens is 515 g/mol. The van der Waals surface area contributed by atoms with Crippen LogP contribution >= 0.6 is 18.5 Å². The molecule has 1 aliphatic rings. The molecule has 0 radical (unpaired) electrons. The number of ether oxygens (including phenoxy) is 1. The quantitative estimate of drug-likeness (QED) is 0.247. The van der Waals surface area contributed by atoms with E-state index >= 15 is 0 Å². The molecule has 0 bridgehead atoms. The highest BCUT2D eigenvalue weighted by Crippen LogP contribution is 2.46. The van der Waals surface area contributed by atoms with Crippen LogP contribution < -0.4 is 25.6 Å². The smallest absolute Gasteiger partial charge is 0.229 e. The van der Waals surface area contributed by atoms with Gasteiger partial charge in [0.25, 0.3) is 0 Å². The minimum atomic E-state index is -2.49. The van der Waals surface area contributed by atoms with Crippen molar-refractivity contribution >= 4 is 62.8 Å². The minimum absolute atomic E-state index is 0.468. The van der Waals surface area contributed by atoms with E-state index in [9.17, 15) is 4.57 Å². The predicted octanol–water partition coefficient (Wildman–Crippen LogP) is 5.97. The maximum absolute atomic E-state index is 13.6. The number of methoxy groups -OCH3 is 1. The van der Waals surface area contributed by atoms with Gasteiger partial charge in [0, 0.05) is 55.6 Å². The second-order valence-electron chi connectivity index (χ2n) is 9.49. The average molecular weight is 551 g/mol. The number of hydrogen-bond acceptors (Lipinski definition) is 9. The lowest BCUT2D eigenvalue weighted by Crippen LogP contribution is -2.44. The number of nitrogens with one attached hydrogen (secondary N) is 2. The third-order valence-electron chi connectivity index (χ3n) is 7.22. The fraction of sp³-hybridized carbons (Fsp3) is 0.357. The summed E-state index contributed by atoms with van der Waals surface area (Å²) in [7, 11) is 1.34. The Morgan fingerprint density at radius 3 is 2.47 bits per heavy atom. The zero-order valence-electron chi connectivity index (χ0n) is 22.4. The first-order valence-corrected chi connectivity index (χ1v) is 16.0. The van der Waals surface area contributed by atoms with E-state index in [-0.39, 0.29) is 0 Å². The van der Waals surface area contributed by atoms with Crippen molar-refractivity contribution in [3.8, 4) is 5.75 Å². The number of likely N-dealkylation sites (N-methyl/N-ethyl adjacent to an activating group) is 1. The van der Waals surface area contributed by atoms with Crippen LogP contribution in [-0.4, -0.2) is 67.5 Å². The number of rotatable bonds is 9. The molecule has 2 aromatic carbocycles. The molecule has 0 atom stereocenters. The van der Waals surface area contributed by atoms with Gasteiger partial charge in [-0.2, -0.15) is 4.98 Å². The third-order valence-corrected chi connectivity index (χ3v) is 11.4. The van der Waals surface area contributed by atoms with Gasteiger partial charge in [-0.15, -0.1) is 11.3 Å². The summed E-state index contributed by atoms with van der Waals surface area (Å²) in [6, 6.07) is 16.0. The number of fused-ring (bicyclic) bond motifs is 1. The summed E-state index contributed by atoms with van der Waals surface area (Å²) < 4.78 is 20.3. The Morgan fingerprint density at radius 2 is 1.74 bits per heavy atom. The van der Waals surface area contributed by atoms with Crippen LogP contribution in [-0.2, 0) is 4.57 Å². The molecule has 8 nitrogen and oxygen atoms in total. The molecule has 2 N–H and O–H groups in total. The van der Waals surface area contributed by atoms with Crippen molar-refractivity contribution in [3.63, 3.8) is 0 Å². The van der Waals surface area contributed by atoms with Crippen LogP contribution in [0.3, 0.4) is 0 Å². The highest BCUT2D eigenvalue weighted by molar-refractivity contribution is 7.71. The molecule has 3 heterocycles. The number of para-hydroxylation sites is 1. The second kappa shape index (κ2) is 11.3. The normalized spacial score (nSPS) is 14.6. The summed E-state index contributed by atoms with van der Waals surface area (Å²) in [5, 5.41) is 9.74. The number of hydrogen-bond donors (Lipinski definition) is 2. The van der Waals surface area contributed by atoms with E-state index in [1.807, 2.05) is 55.6 Å². The number of benzene rings is 2. The third kappa shape index (κ3) is 5.37. The van der Waals surface area contributed by atoms with Crippen LogP contribution in [0.5, 0.6) is 5.75 Å². The molecular formula is C28H35N6O2PS. The Morgan fingerprint density at radius 1 is 0.974 bits per heavy atom. The molecule has 1 fully saturated rings. The first-order chi connectivity index (χ1) is 18.4. The lowest BCUT2D eigenvalue weighted by molar-refractivity contribution is 0.312. The van der Waals surface area contributed by atoms with E-state index in [4.69, 9.17) is 14.7 Å². The summed E-state index contributed by atoms with van der Waals surface area (Å²) in [6.07, 6.45) is 1.24. The maximum Gasteiger partial charge on any atom is 0.229 e. The zero-order valence-corrected chi connectivity index (χ0v) is 24.1. The molecule has 0 saturated carbocycles. The van der Waals surface area contributed by atoms with Gasteiger partial charge in [0.15, 0.2) is 5.82 Å². The Kier molecular flexibility index (Phi) is 7.88. The first kappa shape index (κ1) is 26.5. The van der Waals surface area contributed by atoms with Gasteiger partial charge in [0.2, 0.25) is 5.95 Å². The van der Waals surface area contributed by atoms with Crippen molar-refractivity contribution in [1.29, 1.82) is 0 Å². The molecule has 0 unspecified atom stereocenters. The van der Waals surface area contributed by atoms with Gasteiger partial charge in [0.05, 0.1) is 28.7 Å². The van der Waals surface area contributed by atoms with Crippen LogP contribution in [0.1, 0.15) is 13.8 Å². The summed E-state index contributed by atoms with van der Waals surface area (Å²) in [5.41, 5.74) is 3.61. The van der Waals surface area contributed by atoms with Crippen molar-refractivity contribution in [3.05, 3.63) is 53.9 Å². The summed E-state index contributed by atoms with van der Waals surface area (Å²) in [4.78, 5) is 14.3. The van der Waals surface area contributed by atoms with Crippen LogP contribution in [0.15, 0.2) is 53.9 Å². The molecule has 0 aliphatic carbocycles. The molecule has 4 aromatic rings. The van der Waals surface area contributed by atoms with Crippen molar-refractivity contribution in [2.24, 2.45) is 0 Å². The lowest BCUT2D eigenvalue weighted by atomic mass is 10.2. The molecule has 38 heavy (non-hydrogen) atoms. The Bertz CT molecular complexity index is 1460. The van der Waals surface area contributed by atoms with Gasteiger partial charge in [-0.05, 0) is 42.8 Å². The van der Waals surface area contributed by atoms with Crippen molar-refractivity contribution in [1.82, 2.24) is 14.9 Å². The van der Waals surface area contributed by atoms with Gasteiger partial charge < -0.3 is 29.7 Å². The Balaban J connectivity index is 1.46. The number of nitrogens with zero attached hydrogens (tertiary/aromatic N) is 4. The van der Waals surface area contributed by atoms with Crippen molar-refractivity contribution in [2.45, 2.75) is 13.8 Å². The summed E-state index contributed by atoms with van der Waals surface area (Å²) in [5.74, 6) is 1.89. The highest BCUT2D eigenvalue weighted by Gasteiger charge is 2.24. The second-order valence-corrected chi connectivity index (χ2v) is 13.9. The summed E-state index contributed by atoms with van der Waals surface area (Å²) in [6.45, 7) is 8.05. The van der Waals surface area contributed by atoms with Crippen LogP contribution in [0.25, 0.3) is 10.2 Å². The molecule has 10 heteroatoms. The summed E-state index contributed by atoms with van der Waals surface area (Å²) >= 11 is 1.58. The monoisotopic (exact) mass is 550 g/mol. The molecule has 200 valence electrons. The number of thiophene rings is 1. The van der Waals surface area contributed by atoms with Crippen LogP contribution in [0, 0.1) is 0 Å². The topological polar surface area (TPSA) is 82.6 Å². The van der Waals surface area contributed by atoms with E-state index < -0.39 is 7.14 Å². The minimum Gasteiger partial charge on any atom is -0.494 e. The fourth-order valence-electron chi connectivity index (χ4n) is 4.80.